The van der Waals surface area contributed by atoms with Gasteiger partial charge in [0.15, 0.2) is 0 Å². The van der Waals surface area contributed by atoms with E-state index in [0.29, 0.717) is 11.9 Å². The van der Waals surface area contributed by atoms with Gasteiger partial charge in [-0.05, 0) is 19.1 Å². The highest BCUT2D eigenvalue weighted by atomic mass is 35.6. The second-order valence-corrected chi connectivity index (χ2v) is 7.85. The van der Waals surface area contributed by atoms with Gasteiger partial charge in [-0.25, -0.2) is 9.18 Å². The molecular weight excluding hydrogens is 336 g/mol. The number of nitrogens with zero attached hydrogens (tertiary/aromatic N) is 2. The number of amides is 2. The molecule has 0 spiro atoms. The van der Waals surface area contributed by atoms with Crippen molar-refractivity contribution >= 4 is 58.5 Å². The number of alkyl halides is 3. The van der Waals surface area contributed by atoms with E-state index < -0.39 is 21.1 Å². The fourth-order valence-corrected chi connectivity index (χ4v) is 2.87. The molecule has 2 amide bonds. The van der Waals surface area contributed by atoms with Crippen molar-refractivity contribution in [1.29, 1.82) is 0 Å². The Morgan fingerprint density at radius 2 is 2.00 bits per heavy atom. The van der Waals surface area contributed by atoms with Crippen LogP contribution in [0.3, 0.4) is 0 Å². The zero-order chi connectivity index (χ0) is 14.2. The zero-order valence-corrected chi connectivity index (χ0v) is 12.7. The minimum absolute atomic E-state index is 0.167. The van der Waals surface area contributed by atoms with E-state index >= 15 is 0 Å². The minimum Gasteiger partial charge on any atom is -0.272 e. The summed E-state index contributed by atoms with van der Waals surface area (Å²) in [5.74, 6) is -0.495. The number of rotatable bonds is 2. The van der Waals surface area contributed by atoms with E-state index in [9.17, 15) is 9.18 Å². The van der Waals surface area contributed by atoms with E-state index in [2.05, 4.69) is 5.43 Å². The zero-order valence-electron chi connectivity index (χ0n) is 9.61. The maximum atomic E-state index is 13.7. The molecule has 0 radical (unpaired) electrons. The van der Waals surface area contributed by atoms with Crippen LogP contribution in [0.5, 0.6) is 0 Å². The Hall–Kier alpha value is -0.400. The topological polar surface area (TPSA) is 35.6 Å². The minimum atomic E-state index is -1.69. The molecular formula is C10H9Cl3FN3OS. The van der Waals surface area contributed by atoms with Crippen LogP contribution < -0.4 is 10.3 Å². The lowest BCUT2D eigenvalue weighted by atomic mass is 10.2. The molecule has 1 aromatic carbocycles. The molecule has 0 bridgehead atoms. The van der Waals surface area contributed by atoms with E-state index in [4.69, 9.17) is 34.8 Å². The predicted molar refractivity (Wildman–Crippen MR) is 76.6 cm³/mol. The van der Waals surface area contributed by atoms with Crippen LogP contribution in [-0.2, 0) is 0 Å². The number of hydrogen-bond acceptors (Lipinski definition) is 3. The molecule has 104 valence electrons. The van der Waals surface area contributed by atoms with Crippen LogP contribution in [0.4, 0.5) is 14.9 Å². The summed E-state index contributed by atoms with van der Waals surface area (Å²) in [5.41, 5.74) is 2.96. The lowest BCUT2D eigenvalue weighted by Gasteiger charge is -2.20. The second kappa shape index (κ2) is 5.54. The van der Waals surface area contributed by atoms with Gasteiger partial charge in [-0.1, -0.05) is 46.9 Å². The van der Waals surface area contributed by atoms with E-state index in [1.807, 2.05) is 0 Å². The number of para-hydroxylation sites is 1. The van der Waals surface area contributed by atoms with Crippen molar-refractivity contribution in [3.63, 3.8) is 0 Å². The van der Waals surface area contributed by atoms with Gasteiger partial charge in [0.25, 0.3) is 3.12 Å². The van der Waals surface area contributed by atoms with Gasteiger partial charge in [0, 0.05) is 11.9 Å². The summed E-state index contributed by atoms with van der Waals surface area (Å²) in [6.45, 7) is 1.70. The molecule has 2 rings (SSSR count). The summed E-state index contributed by atoms with van der Waals surface area (Å²) in [4.78, 5) is 13.4. The van der Waals surface area contributed by atoms with Crippen LogP contribution in [0.1, 0.15) is 6.92 Å². The van der Waals surface area contributed by atoms with Gasteiger partial charge in [-0.3, -0.25) is 4.90 Å². The summed E-state index contributed by atoms with van der Waals surface area (Å²) >= 11 is 17.5. The molecule has 1 N–H and O–H groups in total. The summed E-state index contributed by atoms with van der Waals surface area (Å²) in [6.07, 6.45) is -0.454. The normalized spacial score (nSPS) is 20.3. The molecule has 1 fully saturated rings. The molecule has 1 heterocycles. The molecule has 9 heteroatoms. The Morgan fingerprint density at radius 3 is 2.58 bits per heavy atom. The van der Waals surface area contributed by atoms with Crippen LogP contribution in [-0.4, -0.2) is 19.7 Å². The van der Waals surface area contributed by atoms with Gasteiger partial charge < -0.3 is 0 Å². The second-order valence-electron chi connectivity index (χ2n) is 3.74. The Labute approximate surface area is 128 Å². The van der Waals surface area contributed by atoms with Crippen molar-refractivity contribution < 1.29 is 9.18 Å². The van der Waals surface area contributed by atoms with Crippen LogP contribution in [0.2, 0.25) is 0 Å². The number of hydrazine groups is 1. The van der Waals surface area contributed by atoms with Crippen molar-refractivity contribution in [2.75, 3.05) is 4.90 Å². The molecule has 1 unspecified atom stereocenters. The summed E-state index contributed by atoms with van der Waals surface area (Å²) in [5, 5.41) is 0. The molecule has 0 aliphatic carbocycles. The van der Waals surface area contributed by atoms with E-state index in [-0.39, 0.29) is 5.69 Å². The van der Waals surface area contributed by atoms with Crippen LogP contribution in [0.25, 0.3) is 0 Å². The van der Waals surface area contributed by atoms with Gasteiger partial charge in [0.05, 0.1) is 5.69 Å². The van der Waals surface area contributed by atoms with Crippen molar-refractivity contribution in [2.24, 2.45) is 0 Å². The first-order valence-corrected chi connectivity index (χ1v) is 7.10. The average Bonchev–Trinajstić information content (AvgIpc) is 2.53. The van der Waals surface area contributed by atoms with E-state index in [0.717, 1.165) is 4.41 Å². The van der Waals surface area contributed by atoms with Crippen molar-refractivity contribution in [3.05, 3.63) is 30.1 Å². The molecule has 1 aromatic rings. The number of anilines is 1. The monoisotopic (exact) mass is 343 g/mol. The molecule has 1 saturated heterocycles. The number of hydrogen-bond donors (Lipinski definition) is 1. The van der Waals surface area contributed by atoms with E-state index in [1.54, 1.807) is 19.1 Å². The fourth-order valence-electron chi connectivity index (χ4n) is 1.67. The van der Waals surface area contributed by atoms with Crippen molar-refractivity contribution in [3.8, 4) is 0 Å². The number of benzene rings is 1. The fraction of sp³-hybridized carbons (Fsp3) is 0.300. The molecule has 4 nitrogen and oxygen atoms in total. The van der Waals surface area contributed by atoms with Crippen LogP contribution >= 0.6 is 46.8 Å². The Kier molecular flexibility index (Phi) is 4.37. The number of carbonyl (C=O) groups is 1. The maximum absolute atomic E-state index is 13.7. The van der Waals surface area contributed by atoms with Crippen LogP contribution in [0.15, 0.2) is 24.3 Å². The standard InChI is InChI=1S/C10H9Cl3FN3OS/c1-6-15-17(19-10(11,12)13)9(18)16(6)8-5-3-2-4-7(8)14/h2-6,15H,1H3. The number of urea groups is 1. The first-order chi connectivity index (χ1) is 8.79. The quantitative estimate of drug-likeness (QED) is 0.653. The molecule has 1 aliphatic heterocycles. The van der Waals surface area contributed by atoms with Gasteiger partial charge in [0.2, 0.25) is 0 Å². The first kappa shape index (κ1) is 15.0. The molecule has 1 aliphatic rings. The lowest BCUT2D eigenvalue weighted by molar-refractivity contribution is 0.236. The lowest BCUT2D eigenvalue weighted by Crippen LogP contribution is -2.34. The highest BCUT2D eigenvalue weighted by Gasteiger charge is 2.41. The number of nitrogens with one attached hydrogen (secondary N) is 1. The molecule has 1 atom stereocenters. The van der Waals surface area contributed by atoms with Gasteiger partial charge in [-0.2, -0.15) is 9.84 Å². The number of halogens is 4. The summed E-state index contributed by atoms with van der Waals surface area (Å²) in [7, 11) is 0. The Morgan fingerprint density at radius 1 is 1.37 bits per heavy atom. The third-order valence-corrected chi connectivity index (χ3v) is 3.65. The van der Waals surface area contributed by atoms with Gasteiger partial charge >= 0.3 is 6.03 Å². The van der Waals surface area contributed by atoms with E-state index in [1.165, 1.54) is 17.0 Å². The van der Waals surface area contributed by atoms with Gasteiger partial charge in [-0.15, -0.1) is 0 Å². The first-order valence-electron chi connectivity index (χ1n) is 5.19. The highest BCUT2D eigenvalue weighted by Crippen LogP contribution is 2.42. The maximum Gasteiger partial charge on any atom is 0.350 e. The summed E-state index contributed by atoms with van der Waals surface area (Å²) in [6, 6.07) is 5.47. The molecule has 19 heavy (non-hydrogen) atoms. The third kappa shape index (κ3) is 3.38. The van der Waals surface area contributed by atoms with Crippen molar-refractivity contribution in [2.45, 2.75) is 16.2 Å². The van der Waals surface area contributed by atoms with Gasteiger partial charge in [0.1, 0.15) is 12.0 Å². The summed E-state index contributed by atoms with van der Waals surface area (Å²) < 4.78 is 13.1. The number of carbonyl (C=O) groups excluding carboxylic acids is 1. The largest absolute Gasteiger partial charge is 0.350 e. The molecule has 0 saturated carbocycles. The SMILES string of the molecule is CC1NN(SC(Cl)(Cl)Cl)C(=O)N1c1ccccc1F. The molecule has 0 aromatic heterocycles. The van der Waals surface area contributed by atoms with Crippen LogP contribution in [0, 0.1) is 5.82 Å². The highest BCUT2D eigenvalue weighted by molar-refractivity contribution is 8.03. The predicted octanol–water partition coefficient (Wildman–Crippen LogP) is 3.89. The Balaban J connectivity index is 2.24. The Bertz CT molecular complexity index is 499. The third-order valence-electron chi connectivity index (χ3n) is 2.38. The van der Waals surface area contributed by atoms with Crippen molar-refractivity contribution in [1.82, 2.24) is 9.84 Å². The average molecular weight is 345 g/mol. The smallest absolute Gasteiger partial charge is 0.272 e.